The summed E-state index contributed by atoms with van der Waals surface area (Å²) in [6.45, 7) is 0.609. The molecule has 0 unspecified atom stereocenters. The molecule has 0 fully saturated rings. The first-order valence-electron chi connectivity index (χ1n) is 5.70. The maximum absolute atomic E-state index is 12.0. The van der Waals surface area contributed by atoms with E-state index in [1.165, 1.54) is 0 Å². The van der Waals surface area contributed by atoms with Gasteiger partial charge < -0.3 is 15.2 Å². The van der Waals surface area contributed by atoms with Crippen LogP contribution in [0.15, 0.2) is 36.8 Å². The fourth-order valence-electron chi connectivity index (χ4n) is 1.64. The molecule has 1 aromatic carbocycles. The molecule has 2 N–H and O–H groups in total. The predicted octanol–water partition coefficient (Wildman–Crippen LogP) is 1.72. The number of amides is 1. The molecule has 94 valence electrons. The van der Waals surface area contributed by atoms with Crippen LogP contribution in [-0.4, -0.2) is 34.9 Å². The van der Waals surface area contributed by atoms with Crippen molar-refractivity contribution < 1.29 is 4.79 Å². The minimum absolute atomic E-state index is 0.0114. The van der Waals surface area contributed by atoms with Crippen molar-refractivity contribution >= 4 is 11.6 Å². The third-order valence-corrected chi connectivity index (χ3v) is 2.59. The molecule has 0 saturated carbocycles. The van der Waals surface area contributed by atoms with Crippen molar-refractivity contribution in [3.05, 3.63) is 48.0 Å². The van der Waals surface area contributed by atoms with Crippen LogP contribution in [0, 0.1) is 0 Å². The van der Waals surface area contributed by atoms with Gasteiger partial charge in [0.15, 0.2) is 0 Å². The summed E-state index contributed by atoms with van der Waals surface area (Å²) in [5.74, 6) is -0.0114. The lowest BCUT2D eigenvalue weighted by Crippen LogP contribution is -2.22. The second-order valence-corrected chi connectivity index (χ2v) is 4.18. The zero-order valence-electron chi connectivity index (χ0n) is 10.5. The van der Waals surface area contributed by atoms with Crippen LogP contribution >= 0.6 is 0 Å². The second-order valence-electron chi connectivity index (χ2n) is 4.18. The molecule has 0 spiro atoms. The molecule has 1 heterocycles. The Morgan fingerprint density at radius 3 is 2.83 bits per heavy atom. The van der Waals surface area contributed by atoms with E-state index in [4.69, 9.17) is 0 Å². The van der Waals surface area contributed by atoms with E-state index in [1.807, 2.05) is 24.3 Å². The lowest BCUT2D eigenvalue weighted by molar-refractivity contribution is 0.0828. The third-order valence-electron chi connectivity index (χ3n) is 2.59. The third kappa shape index (κ3) is 2.68. The maximum atomic E-state index is 12.0. The minimum Gasteiger partial charge on any atom is -0.379 e. The summed E-state index contributed by atoms with van der Waals surface area (Å²) in [4.78, 5) is 20.5. The van der Waals surface area contributed by atoms with E-state index < -0.39 is 0 Å². The number of aromatic nitrogens is 2. The van der Waals surface area contributed by atoms with Crippen molar-refractivity contribution in [2.24, 2.45) is 0 Å². The minimum atomic E-state index is -0.0114. The Hall–Kier alpha value is -2.30. The Kier molecular flexibility index (Phi) is 3.62. The van der Waals surface area contributed by atoms with Crippen molar-refractivity contribution in [2.75, 3.05) is 19.4 Å². The Morgan fingerprint density at radius 2 is 2.17 bits per heavy atom. The van der Waals surface area contributed by atoms with E-state index in [2.05, 4.69) is 15.3 Å². The summed E-state index contributed by atoms with van der Waals surface area (Å²) in [6.07, 6.45) is 3.39. The number of para-hydroxylation sites is 1. The summed E-state index contributed by atoms with van der Waals surface area (Å²) in [6, 6.07) is 7.48. The van der Waals surface area contributed by atoms with Gasteiger partial charge in [0.2, 0.25) is 0 Å². The number of carbonyl (C=O) groups excluding carboxylic acids is 1. The first kappa shape index (κ1) is 12.2. The van der Waals surface area contributed by atoms with Crippen LogP contribution in [0.4, 0.5) is 5.69 Å². The topological polar surface area (TPSA) is 61.0 Å². The van der Waals surface area contributed by atoms with Crippen LogP contribution in [-0.2, 0) is 6.54 Å². The molecule has 1 aromatic heterocycles. The van der Waals surface area contributed by atoms with Gasteiger partial charge in [-0.1, -0.05) is 12.1 Å². The second kappa shape index (κ2) is 5.35. The molecule has 0 radical (unpaired) electrons. The van der Waals surface area contributed by atoms with Gasteiger partial charge in [-0.2, -0.15) is 0 Å². The van der Waals surface area contributed by atoms with Gasteiger partial charge in [0, 0.05) is 26.0 Å². The summed E-state index contributed by atoms with van der Waals surface area (Å²) < 4.78 is 0. The Labute approximate surface area is 106 Å². The fraction of sp³-hybridized carbons (Fsp3) is 0.231. The number of nitrogens with one attached hydrogen (secondary N) is 2. The normalized spacial score (nSPS) is 10.1. The van der Waals surface area contributed by atoms with Crippen LogP contribution < -0.4 is 5.32 Å². The van der Waals surface area contributed by atoms with Crippen LogP contribution in [0.25, 0.3) is 0 Å². The highest BCUT2D eigenvalue weighted by molar-refractivity contribution is 5.99. The van der Waals surface area contributed by atoms with Gasteiger partial charge >= 0.3 is 0 Å². The molecule has 5 nitrogen and oxygen atoms in total. The standard InChI is InChI=1S/C13H16N4O/c1-17(2)13(18)11-5-3-4-6-12(11)15-8-10-7-14-9-16-10/h3-7,9,15H,8H2,1-2H3,(H,14,16). The first-order valence-corrected chi connectivity index (χ1v) is 5.70. The van der Waals surface area contributed by atoms with E-state index in [0.29, 0.717) is 12.1 Å². The number of hydrogen-bond acceptors (Lipinski definition) is 3. The van der Waals surface area contributed by atoms with Crippen LogP contribution in [0.3, 0.4) is 0 Å². The van der Waals surface area contributed by atoms with Gasteiger partial charge in [-0.05, 0) is 12.1 Å². The van der Waals surface area contributed by atoms with E-state index >= 15 is 0 Å². The number of H-pyrrole nitrogens is 1. The van der Waals surface area contributed by atoms with Gasteiger partial charge in [-0.3, -0.25) is 4.79 Å². The molecule has 0 aliphatic heterocycles. The summed E-state index contributed by atoms with van der Waals surface area (Å²) >= 11 is 0. The van der Waals surface area contributed by atoms with Gasteiger partial charge in [-0.25, -0.2) is 4.98 Å². The van der Waals surface area contributed by atoms with E-state index in [9.17, 15) is 4.79 Å². The molecular weight excluding hydrogens is 228 g/mol. The monoisotopic (exact) mass is 244 g/mol. The van der Waals surface area contributed by atoms with E-state index in [1.54, 1.807) is 31.5 Å². The van der Waals surface area contributed by atoms with Crippen molar-refractivity contribution in [3.8, 4) is 0 Å². The molecule has 2 aromatic rings. The SMILES string of the molecule is CN(C)C(=O)c1ccccc1NCc1cnc[nH]1. The fourth-order valence-corrected chi connectivity index (χ4v) is 1.64. The zero-order valence-corrected chi connectivity index (χ0v) is 10.5. The highest BCUT2D eigenvalue weighted by atomic mass is 16.2. The lowest BCUT2D eigenvalue weighted by atomic mass is 10.1. The molecule has 5 heteroatoms. The summed E-state index contributed by atoms with van der Waals surface area (Å²) in [7, 11) is 3.49. The van der Waals surface area contributed by atoms with Gasteiger partial charge in [0.25, 0.3) is 5.91 Å². The van der Waals surface area contributed by atoms with Crippen molar-refractivity contribution in [2.45, 2.75) is 6.54 Å². The number of imidazole rings is 1. The summed E-state index contributed by atoms with van der Waals surface area (Å²) in [5, 5.41) is 3.23. The molecular formula is C13H16N4O. The summed E-state index contributed by atoms with van der Waals surface area (Å²) in [5.41, 5.74) is 2.47. The lowest BCUT2D eigenvalue weighted by Gasteiger charge is -2.14. The molecule has 0 aliphatic carbocycles. The molecule has 0 aliphatic rings. The number of hydrogen-bond donors (Lipinski definition) is 2. The van der Waals surface area contributed by atoms with Crippen LogP contribution in [0.2, 0.25) is 0 Å². The molecule has 18 heavy (non-hydrogen) atoms. The smallest absolute Gasteiger partial charge is 0.255 e. The van der Waals surface area contributed by atoms with Gasteiger partial charge in [-0.15, -0.1) is 0 Å². The molecule has 2 rings (SSSR count). The van der Waals surface area contributed by atoms with Crippen molar-refractivity contribution in [1.82, 2.24) is 14.9 Å². The molecule has 1 amide bonds. The highest BCUT2D eigenvalue weighted by Gasteiger charge is 2.12. The largest absolute Gasteiger partial charge is 0.379 e. The maximum Gasteiger partial charge on any atom is 0.255 e. The number of rotatable bonds is 4. The van der Waals surface area contributed by atoms with E-state index in [-0.39, 0.29) is 5.91 Å². The van der Waals surface area contributed by atoms with Gasteiger partial charge in [0.05, 0.1) is 24.1 Å². The van der Waals surface area contributed by atoms with Crippen molar-refractivity contribution in [3.63, 3.8) is 0 Å². The van der Waals surface area contributed by atoms with Crippen LogP contribution in [0.5, 0.6) is 0 Å². The number of aromatic amines is 1. The number of nitrogens with zero attached hydrogens (tertiary/aromatic N) is 2. The van der Waals surface area contributed by atoms with Gasteiger partial charge in [0.1, 0.15) is 0 Å². The number of carbonyl (C=O) groups is 1. The zero-order chi connectivity index (χ0) is 13.0. The predicted molar refractivity (Wildman–Crippen MR) is 70.4 cm³/mol. The highest BCUT2D eigenvalue weighted by Crippen LogP contribution is 2.17. The molecule has 0 atom stereocenters. The Balaban J connectivity index is 2.15. The van der Waals surface area contributed by atoms with Crippen LogP contribution in [0.1, 0.15) is 16.1 Å². The molecule has 0 bridgehead atoms. The van der Waals surface area contributed by atoms with E-state index in [0.717, 1.165) is 11.4 Å². The average molecular weight is 244 g/mol. The Bertz CT molecular complexity index is 520. The molecule has 0 saturated heterocycles. The number of anilines is 1. The number of benzene rings is 1. The van der Waals surface area contributed by atoms with Crippen molar-refractivity contribution in [1.29, 1.82) is 0 Å². The quantitative estimate of drug-likeness (QED) is 0.861. The Morgan fingerprint density at radius 1 is 1.39 bits per heavy atom. The average Bonchev–Trinajstić information content (AvgIpc) is 2.89. The first-order chi connectivity index (χ1) is 8.68.